The summed E-state index contributed by atoms with van der Waals surface area (Å²) in [7, 11) is -2.52. The molecule has 0 radical (unpaired) electrons. The van der Waals surface area contributed by atoms with Crippen LogP contribution in [0.2, 0.25) is 22.4 Å². The first kappa shape index (κ1) is 31.6. The number of benzene rings is 4. The average molecular weight is 724 g/mol. The summed E-state index contributed by atoms with van der Waals surface area (Å²) in [5, 5.41) is 2.71. The van der Waals surface area contributed by atoms with E-state index in [9.17, 15) is 26.3 Å². The van der Waals surface area contributed by atoms with E-state index in [1.165, 1.54) is 68.1 Å². The van der Waals surface area contributed by atoms with Crippen LogP contribution >= 0.6 is 0 Å². The average Bonchev–Trinajstić information content (AvgIpc) is 3.48. The summed E-state index contributed by atoms with van der Waals surface area (Å²) < 4.78 is 86.4. The van der Waals surface area contributed by atoms with Gasteiger partial charge < -0.3 is 0 Å². The summed E-state index contributed by atoms with van der Waals surface area (Å²) in [5.74, 6) is 0. The second kappa shape index (κ2) is 10.3. The fraction of sp³-hybridized carbons (Fsp3) is 0.263. The quantitative estimate of drug-likeness (QED) is 0.143. The van der Waals surface area contributed by atoms with E-state index in [-0.39, 0.29) is 0 Å². The molecule has 0 nitrogen and oxygen atoms in total. The molecule has 7 rings (SSSR count). The Kier molecular flexibility index (Phi) is 7.06. The molecule has 0 saturated carbocycles. The molecule has 236 valence electrons. The molecular weight excluding hydrogens is 690 g/mol. The van der Waals surface area contributed by atoms with Crippen LogP contribution in [0.25, 0.3) is 32.6 Å². The van der Waals surface area contributed by atoms with Crippen LogP contribution in [0.5, 0.6) is 0 Å². The van der Waals surface area contributed by atoms with Crippen LogP contribution in [0.3, 0.4) is 0 Å². The van der Waals surface area contributed by atoms with Crippen LogP contribution in [0.4, 0.5) is 26.3 Å². The summed E-state index contributed by atoms with van der Waals surface area (Å²) in [5.41, 5.74) is 9.98. The number of alkyl halides is 6. The predicted molar refractivity (Wildman–Crippen MR) is 174 cm³/mol. The van der Waals surface area contributed by atoms with Crippen LogP contribution in [0.1, 0.15) is 54.5 Å². The van der Waals surface area contributed by atoms with Gasteiger partial charge in [0.05, 0.1) is 0 Å². The first-order valence-corrected chi connectivity index (χ1v) is 26.3. The number of rotatable bonds is 2. The maximum atomic E-state index is 13.5. The van der Waals surface area contributed by atoms with Crippen LogP contribution in [0.15, 0.2) is 96.1 Å². The second-order valence-corrected chi connectivity index (χ2v) is 30.2. The molecule has 4 aromatic rings. The molecule has 1 heterocycles. The molecule has 8 heteroatoms. The molecule has 2 unspecified atom stereocenters. The summed E-state index contributed by atoms with van der Waals surface area (Å²) >= 11 is -3.26. The molecule has 0 aromatic heterocycles. The number of halogens is 6. The Morgan fingerprint density at radius 3 is 1.22 bits per heavy atom. The Hall–Kier alpha value is -2.96. The van der Waals surface area contributed by atoms with Gasteiger partial charge in [0.15, 0.2) is 0 Å². The van der Waals surface area contributed by atoms with Crippen molar-refractivity contribution < 1.29 is 46.6 Å². The van der Waals surface area contributed by atoms with E-state index < -0.39 is 51.8 Å². The van der Waals surface area contributed by atoms with Gasteiger partial charge in [-0.1, -0.05) is 0 Å². The number of allylic oxidation sites excluding steroid dienone is 2. The molecule has 0 fully saturated rings. The minimum atomic E-state index is -4.41. The van der Waals surface area contributed by atoms with Crippen molar-refractivity contribution in [2.75, 3.05) is 0 Å². The van der Waals surface area contributed by atoms with Crippen molar-refractivity contribution in [3.63, 3.8) is 0 Å². The van der Waals surface area contributed by atoms with Crippen LogP contribution in [-0.2, 0) is 32.6 Å². The van der Waals surface area contributed by atoms with Crippen molar-refractivity contribution in [3.05, 3.63) is 129 Å². The van der Waals surface area contributed by atoms with Crippen molar-refractivity contribution in [2.24, 2.45) is 0 Å². The van der Waals surface area contributed by atoms with Gasteiger partial charge >= 0.3 is 273 Å². The van der Waals surface area contributed by atoms with E-state index in [0.717, 1.165) is 22.3 Å². The zero-order chi connectivity index (χ0) is 33.1. The summed E-state index contributed by atoms with van der Waals surface area (Å²) in [4.78, 5) is 0. The van der Waals surface area contributed by atoms with E-state index in [1.807, 2.05) is 12.1 Å². The van der Waals surface area contributed by atoms with E-state index in [0.29, 0.717) is 7.25 Å². The number of hydrogen-bond donors (Lipinski definition) is 0. The maximum absolute atomic E-state index is 13.5. The van der Waals surface area contributed by atoms with Gasteiger partial charge in [-0.2, -0.15) is 0 Å². The van der Waals surface area contributed by atoms with Gasteiger partial charge in [0.2, 0.25) is 0 Å². The molecule has 1 aliphatic heterocycles. The molecular formula is C38H34F6SiZr. The third kappa shape index (κ3) is 4.49. The predicted octanol–water partition coefficient (Wildman–Crippen LogP) is 12.5. The third-order valence-corrected chi connectivity index (χ3v) is 25.5. The van der Waals surface area contributed by atoms with E-state index in [4.69, 9.17) is 0 Å². The summed E-state index contributed by atoms with van der Waals surface area (Å²) in [6.07, 6.45) is -8.81. The van der Waals surface area contributed by atoms with Crippen LogP contribution < -0.4 is 0 Å². The fourth-order valence-corrected chi connectivity index (χ4v) is 26.5. The van der Waals surface area contributed by atoms with Crippen molar-refractivity contribution in [1.29, 1.82) is 0 Å². The van der Waals surface area contributed by atoms with E-state index in [2.05, 4.69) is 60.5 Å². The molecule has 0 N–H and O–H groups in total. The minimum absolute atomic E-state index is 0.294. The normalized spacial score (nSPS) is 21.2. The molecule has 2 atom stereocenters. The van der Waals surface area contributed by atoms with Gasteiger partial charge in [-0.25, -0.2) is 0 Å². The number of fused-ring (bicyclic) bond motifs is 8. The van der Waals surface area contributed by atoms with Crippen molar-refractivity contribution in [3.8, 4) is 22.3 Å². The number of hydrogen-bond acceptors (Lipinski definition) is 0. The van der Waals surface area contributed by atoms with Gasteiger partial charge in [-0.3, -0.25) is 0 Å². The van der Waals surface area contributed by atoms with Gasteiger partial charge in [0.1, 0.15) is 0 Å². The first-order valence-electron chi connectivity index (χ1n) is 15.5. The van der Waals surface area contributed by atoms with Gasteiger partial charge in [0.25, 0.3) is 0 Å². The van der Waals surface area contributed by atoms with Crippen LogP contribution in [-0.4, -0.2) is 8.07 Å². The Bertz CT molecular complexity index is 1830. The Balaban J connectivity index is 1.46. The molecule has 2 aliphatic carbocycles. The molecule has 0 amide bonds. The molecule has 3 aliphatic rings. The van der Waals surface area contributed by atoms with E-state index >= 15 is 0 Å². The molecule has 0 saturated heterocycles. The Labute approximate surface area is 271 Å². The molecule has 4 bridgehead atoms. The monoisotopic (exact) mass is 722 g/mol. The zero-order valence-corrected chi connectivity index (χ0v) is 30.0. The Morgan fingerprint density at radius 1 is 0.543 bits per heavy atom. The van der Waals surface area contributed by atoms with Gasteiger partial charge in [-0.05, 0) is 0 Å². The second-order valence-electron chi connectivity index (χ2n) is 14.1. The van der Waals surface area contributed by atoms with Crippen molar-refractivity contribution in [2.45, 2.75) is 55.8 Å². The van der Waals surface area contributed by atoms with Crippen LogP contribution in [0, 0.1) is 0 Å². The van der Waals surface area contributed by atoms with Crippen molar-refractivity contribution >= 4 is 18.5 Å². The first-order chi connectivity index (χ1) is 21.5. The fourth-order valence-electron chi connectivity index (χ4n) is 9.31. The SMILES string of the molecule is CC1=C2c3c(-c4ccc(C(F)(F)F)cc4)cccc3[CH]1[Zr]([CH3])([CH3])[CH]1C(C)=C(c3c(-c4ccc(C(F)(F)F)cc4)cccc31)[Si]2(C)C. The standard InChI is InChI=1S/C36H28F6Si.2CH3.Zr/c1-21-19-25-7-5-9-29(23-11-15-27(16-12-23)35(37,38)39)31(25)33(21)43(3,4)34-22(2)20-26-8-6-10-30(32(26)34)24-13-17-28(18-14-24)36(40,41)42;;;/h5-20H,1-4H3;2*1H3;. The molecule has 46 heavy (non-hydrogen) atoms. The Morgan fingerprint density at radius 2 is 0.891 bits per heavy atom. The third-order valence-electron chi connectivity index (χ3n) is 10.8. The molecule has 0 spiro atoms. The summed E-state index contributed by atoms with van der Waals surface area (Å²) in [6.45, 7) is 9.33. The topological polar surface area (TPSA) is 0 Å². The summed E-state index contributed by atoms with van der Waals surface area (Å²) in [6, 6.07) is 23.7. The van der Waals surface area contributed by atoms with E-state index in [1.54, 1.807) is 24.3 Å². The zero-order valence-electron chi connectivity index (χ0n) is 26.5. The van der Waals surface area contributed by atoms with Gasteiger partial charge in [0, 0.05) is 0 Å². The van der Waals surface area contributed by atoms with Gasteiger partial charge in [-0.15, -0.1) is 0 Å². The molecule has 4 aromatic carbocycles. The van der Waals surface area contributed by atoms with Crippen molar-refractivity contribution in [1.82, 2.24) is 0 Å².